The standard InChI is InChI=1S/C6H6ClN3O3/c7-5-4-9(2-1-3-11)8-6(5)10(12)13/h3-4H,1-2H2. The third-order valence-corrected chi connectivity index (χ3v) is 1.61. The van der Waals surface area contributed by atoms with Gasteiger partial charge in [-0.2, -0.15) is 4.68 Å². The fourth-order valence-corrected chi connectivity index (χ4v) is 1.03. The van der Waals surface area contributed by atoms with Gasteiger partial charge in [-0.25, -0.2) is 0 Å². The van der Waals surface area contributed by atoms with E-state index in [1.807, 2.05) is 0 Å². The number of hydrogen-bond acceptors (Lipinski definition) is 4. The molecule has 13 heavy (non-hydrogen) atoms. The summed E-state index contributed by atoms with van der Waals surface area (Å²) in [6.07, 6.45) is 2.29. The number of aldehydes is 1. The maximum Gasteiger partial charge on any atom is 0.408 e. The average molecular weight is 204 g/mol. The highest BCUT2D eigenvalue weighted by molar-refractivity contribution is 6.32. The Labute approximate surface area is 78.3 Å². The largest absolute Gasteiger partial charge is 0.408 e. The van der Waals surface area contributed by atoms with Crippen molar-refractivity contribution in [2.75, 3.05) is 0 Å². The predicted molar refractivity (Wildman–Crippen MR) is 44.6 cm³/mol. The quantitative estimate of drug-likeness (QED) is 0.416. The molecule has 0 aromatic carbocycles. The van der Waals surface area contributed by atoms with E-state index >= 15 is 0 Å². The molecule has 0 aliphatic heterocycles. The Kier molecular flexibility index (Phi) is 2.97. The molecule has 0 saturated carbocycles. The van der Waals surface area contributed by atoms with E-state index in [9.17, 15) is 14.9 Å². The van der Waals surface area contributed by atoms with Crippen LogP contribution >= 0.6 is 11.6 Å². The van der Waals surface area contributed by atoms with Crippen LogP contribution in [-0.2, 0) is 11.3 Å². The van der Waals surface area contributed by atoms with Gasteiger partial charge in [0.2, 0.25) is 0 Å². The topological polar surface area (TPSA) is 78.0 Å². The summed E-state index contributed by atoms with van der Waals surface area (Å²) < 4.78 is 1.27. The second-order valence-corrected chi connectivity index (χ2v) is 2.68. The van der Waals surface area contributed by atoms with Gasteiger partial charge in [-0.15, -0.1) is 0 Å². The Morgan fingerprint density at radius 3 is 2.92 bits per heavy atom. The van der Waals surface area contributed by atoms with Crippen LogP contribution in [0.25, 0.3) is 0 Å². The Morgan fingerprint density at radius 1 is 1.77 bits per heavy atom. The van der Waals surface area contributed by atoms with Crippen molar-refractivity contribution in [3.63, 3.8) is 0 Å². The lowest BCUT2D eigenvalue weighted by Crippen LogP contribution is -1.99. The maximum absolute atomic E-state index is 10.3. The lowest BCUT2D eigenvalue weighted by molar-refractivity contribution is -0.389. The van der Waals surface area contributed by atoms with Crippen LogP contribution in [0.4, 0.5) is 5.82 Å². The van der Waals surface area contributed by atoms with E-state index in [4.69, 9.17) is 11.6 Å². The number of nitro groups is 1. The first kappa shape index (κ1) is 9.66. The van der Waals surface area contributed by atoms with Crippen molar-refractivity contribution in [2.24, 2.45) is 0 Å². The van der Waals surface area contributed by atoms with Gasteiger partial charge in [0.15, 0.2) is 5.02 Å². The second kappa shape index (κ2) is 3.99. The molecule has 0 amide bonds. The highest BCUT2D eigenvalue weighted by Crippen LogP contribution is 2.20. The number of carbonyl (C=O) groups excluding carboxylic acids is 1. The lowest BCUT2D eigenvalue weighted by atomic mass is 10.5. The van der Waals surface area contributed by atoms with Crippen LogP contribution in [0, 0.1) is 10.1 Å². The van der Waals surface area contributed by atoms with E-state index < -0.39 is 4.92 Å². The SMILES string of the molecule is O=CCCn1cc(Cl)c([N+](=O)[O-])n1. The first-order valence-electron chi connectivity index (χ1n) is 3.46. The molecular weight excluding hydrogens is 198 g/mol. The van der Waals surface area contributed by atoms with Gasteiger partial charge in [0.25, 0.3) is 0 Å². The number of aryl methyl sites for hydroxylation is 1. The minimum Gasteiger partial charge on any atom is -0.358 e. The Hall–Kier alpha value is -1.43. The molecule has 0 fully saturated rings. The van der Waals surface area contributed by atoms with Gasteiger partial charge in [-0.1, -0.05) is 11.6 Å². The van der Waals surface area contributed by atoms with Crippen LogP contribution in [0.3, 0.4) is 0 Å². The monoisotopic (exact) mass is 203 g/mol. The van der Waals surface area contributed by atoms with Crippen LogP contribution < -0.4 is 0 Å². The minimum absolute atomic E-state index is 0.0177. The number of hydrogen-bond donors (Lipinski definition) is 0. The number of carbonyl (C=O) groups is 1. The van der Waals surface area contributed by atoms with Crippen molar-refractivity contribution in [1.29, 1.82) is 0 Å². The molecule has 1 aromatic rings. The smallest absolute Gasteiger partial charge is 0.358 e. The van der Waals surface area contributed by atoms with E-state index in [1.54, 1.807) is 0 Å². The van der Waals surface area contributed by atoms with E-state index in [-0.39, 0.29) is 17.3 Å². The van der Waals surface area contributed by atoms with Crippen molar-refractivity contribution < 1.29 is 9.72 Å². The Balaban J connectivity index is 2.82. The summed E-state index contributed by atoms with van der Waals surface area (Å²) in [6.45, 7) is 0.303. The maximum atomic E-state index is 10.3. The van der Waals surface area contributed by atoms with Crippen LogP contribution in [0.5, 0.6) is 0 Å². The first-order valence-corrected chi connectivity index (χ1v) is 3.84. The van der Waals surface area contributed by atoms with Crippen LogP contribution in [0.15, 0.2) is 6.20 Å². The Morgan fingerprint density at radius 2 is 2.46 bits per heavy atom. The van der Waals surface area contributed by atoms with Crippen LogP contribution in [-0.4, -0.2) is 21.0 Å². The van der Waals surface area contributed by atoms with Crippen molar-refractivity contribution in [1.82, 2.24) is 9.78 Å². The number of halogens is 1. The van der Waals surface area contributed by atoms with Crippen molar-refractivity contribution in [3.8, 4) is 0 Å². The molecule has 0 radical (unpaired) electrons. The molecule has 0 atom stereocenters. The molecule has 1 aromatic heterocycles. The minimum atomic E-state index is -0.667. The summed E-state index contributed by atoms with van der Waals surface area (Å²) in [4.78, 5) is 19.6. The van der Waals surface area contributed by atoms with Gasteiger partial charge in [0.05, 0.1) is 17.8 Å². The van der Waals surface area contributed by atoms with Gasteiger partial charge < -0.3 is 14.9 Å². The molecule has 0 spiro atoms. The second-order valence-electron chi connectivity index (χ2n) is 2.28. The summed E-state index contributed by atoms with van der Waals surface area (Å²) in [6, 6.07) is 0. The number of rotatable bonds is 4. The molecule has 0 saturated heterocycles. The van der Waals surface area contributed by atoms with Gasteiger partial charge in [-0.05, 0) is 4.92 Å². The van der Waals surface area contributed by atoms with E-state index in [2.05, 4.69) is 5.10 Å². The van der Waals surface area contributed by atoms with E-state index in [0.29, 0.717) is 12.8 Å². The zero-order valence-corrected chi connectivity index (χ0v) is 7.27. The van der Waals surface area contributed by atoms with Gasteiger partial charge in [0.1, 0.15) is 6.29 Å². The highest BCUT2D eigenvalue weighted by Gasteiger charge is 2.18. The predicted octanol–water partition coefficient (Wildman–Crippen LogP) is 1.03. The zero-order chi connectivity index (χ0) is 9.84. The summed E-state index contributed by atoms with van der Waals surface area (Å²) in [5.74, 6) is -0.382. The highest BCUT2D eigenvalue weighted by atomic mass is 35.5. The summed E-state index contributed by atoms with van der Waals surface area (Å²) in [5, 5.41) is 13.8. The van der Waals surface area contributed by atoms with Crippen molar-refractivity contribution in [3.05, 3.63) is 21.3 Å². The van der Waals surface area contributed by atoms with Crippen molar-refractivity contribution in [2.45, 2.75) is 13.0 Å². The van der Waals surface area contributed by atoms with E-state index in [1.165, 1.54) is 10.9 Å². The molecule has 0 aliphatic carbocycles. The molecule has 0 unspecified atom stereocenters. The molecule has 6 nitrogen and oxygen atoms in total. The zero-order valence-electron chi connectivity index (χ0n) is 6.51. The molecule has 0 aliphatic rings. The molecular formula is C6H6ClN3O3. The molecule has 0 bridgehead atoms. The van der Waals surface area contributed by atoms with Crippen LogP contribution in [0.2, 0.25) is 5.02 Å². The average Bonchev–Trinajstić information content (AvgIpc) is 2.43. The number of aromatic nitrogens is 2. The van der Waals surface area contributed by atoms with E-state index in [0.717, 1.165) is 0 Å². The third kappa shape index (κ3) is 2.25. The van der Waals surface area contributed by atoms with Gasteiger partial charge in [0, 0.05) is 6.42 Å². The molecule has 7 heteroatoms. The molecule has 70 valence electrons. The molecule has 1 rings (SSSR count). The summed E-state index contributed by atoms with van der Waals surface area (Å²) in [5.41, 5.74) is 0. The lowest BCUT2D eigenvalue weighted by Gasteiger charge is -1.87. The van der Waals surface area contributed by atoms with Crippen molar-refractivity contribution >= 4 is 23.7 Å². The normalized spacial score (nSPS) is 9.92. The first-order chi connectivity index (χ1) is 6.15. The number of nitrogens with zero attached hydrogens (tertiary/aromatic N) is 3. The molecule has 1 heterocycles. The fraction of sp³-hybridized carbons (Fsp3) is 0.333. The molecule has 0 N–H and O–H groups in total. The fourth-order valence-electron chi connectivity index (χ4n) is 0.810. The van der Waals surface area contributed by atoms with Crippen LogP contribution in [0.1, 0.15) is 6.42 Å². The Bertz CT molecular complexity index is 336. The summed E-state index contributed by atoms with van der Waals surface area (Å²) in [7, 11) is 0. The van der Waals surface area contributed by atoms with Gasteiger partial charge in [-0.3, -0.25) is 0 Å². The van der Waals surface area contributed by atoms with Gasteiger partial charge >= 0.3 is 5.82 Å². The summed E-state index contributed by atoms with van der Waals surface area (Å²) >= 11 is 5.51. The third-order valence-electron chi connectivity index (χ3n) is 1.35.